The number of likely N-dealkylation sites (N-methyl/N-ethyl adjacent to an activating group) is 1. The lowest BCUT2D eigenvalue weighted by Crippen LogP contribution is -2.25. The second-order valence-corrected chi connectivity index (χ2v) is 5.45. The van der Waals surface area contributed by atoms with Crippen LogP contribution in [0, 0.1) is 6.92 Å². The standard InChI is InChI=1S/C18H23NO/c1-14-9-10-17(18(20)13-14)15(2)19(3)12-11-16-7-5-4-6-8-16/h4-10,13,15,20H,11-12H2,1-3H3. The van der Waals surface area contributed by atoms with Crippen molar-refractivity contribution in [2.24, 2.45) is 0 Å². The zero-order valence-electron chi connectivity index (χ0n) is 12.5. The van der Waals surface area contributed by atoms with E-state index in [0.717, 1.165) is 24.1 Å². The molecule has 0 aliphatic rings. The van der Waals surface area contributed by atoms with Crippen LogP contribution in [0.2, 0.25) is 0 Å². The molecule has 2 rings (SSSR count). The minimum atomic E-state index is 0.208. The van der Waals surface area contributed by atoms with Crippen LogP contribution in [0.1, 0.15) is 29.7 Å². The van der Waals surface area contributed by atoms with Crippen molar-refractivity contribution in [1.82, 2.24) is 4.90 Å². The van der Waals surface area contributed by atoms with Crippen LogP contribution < -0.4 is 0 Å². The summed E-state index contributed by atoms with van der Waals surface area (Å²) in [5.41, 5.74) is 3.43. The van der Waals surface area contributed by atoms with Gasteiger partial charge in [-0.05, 0) is 44.5 Å². The van der Waals surface area contributed by atoms with Crippen molar-refractivity contribution in [2.75, 3.05) is 13.6 Å². The molecule has 0 saturated heterocycles. The van der Waals surface area contributed by atoms with Crippen LogP contribution in [0.4, 0.5) is 0 Å². The highest BCUT2D eigenvalue weighted by molar-refractivity contribution is 5.37. The van der Waals surface area contributed by atoms with Crippen LogP contribution in [-0.4, -0.2) is 23.6 Å². The third-order valence-corrected chi connectivity index (χ3v) is 3.89. The number of phenolic OH excluding ortho intramolecular Hbond substituents is 1. The van der Waals surface area contributed by atoms with Gasteiger partial charge >= 0.3 is 0 Å². The number of hydrogen-bond donors (Lipinski definition) is 1. The lowest BCUT2D eigenvalue weighted by Gasteiger charge is -2.25. The van der Waals surface area contributed by atoms with Gasteiger partial charge in [0.15, 0.2) is 0 Å². The predicted molar refractivity (Wildman–Crippen MR) is 84.0 cm³/mol. The minimum Gasteiger partial charge on any atom is -0.508 e. The van der Waals surface area contributed by atoms with Gasteiger partial charge in [-0.2, -0.15) is 0 Å². The van der Waals surface area contributed by atoms with Crippen molar-refractivity contribution in [2.45, 2.75) is 26.3 Å². The molecule has 1 atom stereocenters. The first kappa shape index (κ1) is 14.6. The molecule has 2 aromatic carbocycles. The molecule has 0 aromatic heterocycles. The fourth-order valence-electron chi connectivity index (χ4n) is 2.39. The van der Waals surface area contributed by atoms with Gasteiger partial charge in [-0.1, -0.05) is 42.5 Å². The zero-order chi connectivity index (χ0) is 14.5. The largest absolute Gasteiger partial charge is 0.508 e. The van der Waals surface area contributed by atoms with Crippen molar-refractivity contribution in [3.05, 3.63) is 65.2 Å². The average Bonchev–Trinajstić information content (AvgIpc) is 2.45. The van der Waals surface area contributed by atoms with E-state index in [2.05, 4.69) is 49.2 Å². The quantitative estimate of drug-likeness (QED) is 0.889. The highest BCUT2D eigenvalue weighted by Gasteiger charge is 2.15. The Morgan fingerprint density at radius 3 is 2.45 bits per heavy atom. The van der Waals surface area contributed by atoms with Crippen LogP contribution in [-0.2, 0) is 6.42 Å². The molecule has 0 fully saturated rings. The van der Waals surface area contributed by atoms with Crippen molar-refractivity contribution in [3.63, 3.8) is 0 Å². The second-order valence-electron chi connectivity index (χ2n) is 5.45. The normalized spacial score (nSPS) is 12.6. The first-order valence-corrected chi connectivity index (χ1v) is 7.11. The van der Waals surface area contributed by atoms with E-state index >= 15 is 0 Å². The van der Waals surface area contributed by atoms with Gasteiger partial charge in [-0.15, -0.1) is 0 Å². The fourth-order valence-corrected chi connectivity index (χ4v) is 2.39. The average molecular weight is 269 g/mol. The topological polar surface area (TPSA) is 23.5 Å². The molecular weight excluding hydrogens is 246 g/mol. The molecular formula is C18H23NO. The minimum absolute atomic E-state index is 0.208. The molecule has 2 heteroatoms. The van der Waals surface area contributed by atoms with Gasteiger partial charge in [0, 0.05) is 18.2 Å². The van der Waals surface area contributed by atoms with Gasteiger partial charge in [-0.3, -0.25) is 4.90 Å². The van der Waals surface area contributed by atoms with Crippen LogP contribution >= 0.6 is 0 Å². The Balaban J connectivity index is 1.99. The monoisotopic (exact) mass is 269 g/mol. The summed E-state index contributed by atoms with van der Waals surface area (Å²) >= 11 is 0. The van der Waals surface area contributed by atoms with E-state index in [0.29, 0.717) is 5.75 Å². The number of hydrogen-bond acceptors (Lipinski definition) is 2. The molecule has 0 spiro atoms. The number of phenols is 1. The Labute approximate surface area is 121 Å². The van der Waals surface area contributed by atoms with Crippen molar-refractivity contribution in [3.8, 4) is 5.75 Å². The van der Waals surface area contributed by atoms with Crippen LogP contribution in [0.5, 0.6) is 5.75 Å². The zero-order valence-corrected chi connectivity index (χ0v) is 12.5. The van der Waals surface area contributed by atoms with Gasteiger partial charge < -0.3 is 5.11 Å². The number of aromatic hydroxyl groups is 1. The number of rotatable bonds is 5. The molecule has 0 aliphatic carbocycles. The molecule has 20 heavy (non-hydrogen) atoms. The predicted octanol–water partition coefficient (Wildman–Crippen LogP) is 3.94. The molecule has 0 bridgehead atoms. The first-order chi connectivity index (χ1) is 9.58. The summed E-state index contributed by atoms with van der Waals surface area (Å²) in [5.74, 6) is 0.393. The van der Waals surface area contributed by atoms with Crippen LogP contribution in [0.25, 0.3) is 0 Å². The van der Waals surface area contributed by atoms with Gasteiger partial charge in [-0.25, -0.2) is 0 Å². The van der Waals surface area contributed by atoms with E-state index in [1.54, 1.807) is 0 Å². The maximum atomic E-state index is 10.1. The van der Waals surface area contributed by atoms with Gasteiger partial charge in [0.2, 0.25) is 0 Å². The summed E-state index contributed by atoms with van der Waals surface area (Å²) < 4.78 is 0. The summed E-state index contributed by atoms with van der Waals surface area (Å²) in [6.07, 6.45) is 1.02. The molecule has 2 aromatic rings. The maximum absolute atomic E-state index is 10.1. The molecule has 0 saturated carbocycles. The van der Waals surface area contributed by atoms with E-state index < -0.39 is 0 Å². The van der Waals surface area contributed by atoms with E-state index in [4.69, 9.17) is 0 Å². The van der Waals surface area contributed by atoms with Gasteiger partial charge in [0.1, 0.15) is 5.75 Å². The van der Waals surface area contributed by atoms with Crippen LogP contribution in [0.15, 0.2) is 48.5 Å². The Bertz CT molecular complexity index is 551. The number of aryl methyl sites for hydroxylation is 1. The maximum Gasteiger partial charge on any atom is 0.120 e. The third-order valence-electron chi connectivity index (χ3n) is 3.89. The first-order valence-electron chi connectivity index (χ1n) is 7.11. The molecule has 2 nitrogen and oxygen atoms in total. The molecule has 106 valence electrons. The molecule has 0 amide bonds. The summed E-state index contributed by atoms with van der Waals surface area (Å²) in [6.45, 7) is 5.10. The van der Waals surface area contributed by atoms with Gasteiger partial charge in [0.05, 0.1) is 0 Å². The lowest BCUT2D eigenvalue weighted by atomic mass is 10.0. The molecule has 1 unspecified atom stereocenters. The number of nitrogens with zero attached hydrogens (tertiary/aromatic N) is 1. The molecule has 0 radical (unpaired) electrons. The van der Waals surface area contributed by atoms with E-state index in [9.17, 15) is 5.11 Å². The SMILES string of the molecule is Cc1ccc(C(C)N(C)CCc2ccccc2)c(O)c1. The van der Waals surface area contributed by atoms with Crippen molar-refractivity contribution >= 4 is 0 Å². The highest BCUT2D eigenvalue weighted by Crippen LogP contribution is 2.28. The van der Waals surface area contributed by atoms with Crippen molar-refractivity contribution < 1.29 is 5.11 Å². The summed E-state index contributed by atoms with van der Waals surface area (Å²) in [4.78, 5) is 2.28. The Kier molecular flexibility index (Phi) is 4.80. The summed E-state index contributed by atoms with van der Waals surface area (Å²) in [7, 11) is 2.10. The smallest absolute Gasteiger partial charge is 0.120 e. The molecule has 0 heterocycles. The Hall–Kier alpha value is -1.80. The van der Waals surface area contributed by atoms with E-state index in [1.807, 2.05) is 25.1 Å². The van der Waals surface area contributed by atoms with Gasteiger partial charge in [0.25, 0.3) is 0 Å². The summed E-state index contributed by atoms with van der Waals surface area (Å²) in [5, 5.41) is 10.1. The third kappa shape index (κ3) is 3.61. The van der Waals surface area contributed by atoms with E-state index in [1.165, 1.54) is 5.56 Å². The molecule has 0 aliphatic heterocycles. The molecule has 1 N–H and O–H groups in total. The highest BCUT2D eigenvalue weighted by atomic mass is 16.3. The van der Waals surface area contributed by atoms with E-state index in [-0.39, 0.29) is 6.04 Å². The Morgan fingerprint density at radius 1 is 1.10 bits per heavy atom. The Morgan fingerprint density at radius 2 is 1.80 bits per heavy atom. The fraction of sp³-hybridized carbons (Fsp3) is 0.333. The second kappa shape index (κ2) is 6.58. The lowest BCUT2D eigenvalue weighted by molar-refractivity contribution is 0.259. The van der Waals surface area contributed by atoms with Crippen molar-refractivity contribution in [1.29, 1.82) is 0 Å². The summed E-state index contributed by atoms with van der Waals surface area (Å²) in [6, 6.07) is 16.6. The van der Waals surface area contributed by atoms with Crippen LogP contribution in [0.3, 0.4) is 0 Å². The number of benzene rings is 2.